The molecule has 0 spiro atoms. The molecule has 1 aromatic heterocycles. The fraction of sp³-hybridized carbons (Fsp3) is 0.684. The average molecular weight is 393 g/mol. The van der Waals surface area contributed by atoms with Gasteiger partial charge in [-0.15, -0.1) is 0 Å². The van der Waals surface area contributed by atoms with Crippen molar-refractivity contribution in [2.75, 3.05) is 43.9 Å². The zero-order chi connectivity index (χ0) is 19.1. The monoisotopic (exact) mass is 392 g/mol. The molecule has 0 unspecified atom stereocenters. The van der Waals surface area contributed by atoms with Gasteiger partial charge in [0.1, 0.15) is 5.82 Å². The summed E-state index contributed by atoms with van der Waals surface area (Å²) in [6.07, 6.45) is 6.82. The number of sulfonamides is 1. The van der Waals surface area contributed by atoms with Crippen LogP contribution in [0.5, 0.6) is 0 Å². The molecular formula is C19H28N4O3S. The predicted molar refractivity (Wildman–Crippen MR) is 104 cm³/mol. The van der Waals surface area contributed by atoms with E-state index >= 15 is 0 Å². The Balaban J connectivity index is 1.61. The van der Waals surface area contributed by atoms with Crippen molar-refractivity contribution in [3.63, 3.8) is 0 Å². The van der Waals surface area contributed by atoms with Crippen LogP contribution in [0.1, 0.15) is 25.7 Å². The van der Waals surface area contributed by atoms with E-state index in [0.29, 0.717) is 44.9 Å². The van der Waals surface area contributed by atoms with Gasteiger partial charge in [-0.25, -0.2) is 17.7 Å². The summed E-state index contributed by atoms with van der Waals surface area (Å²) < 4.78 is 25.9. The number of nitrogens with one attached hydrogen (secondary N) is 1. The second-order valence-corrected chi connectivity index (χ2v) is 10.3. The number of nitrogens with zero attached hydrogens (tertiary/aromatic N) is 3. The van der Waals surface area contributed by atoms with Gasteiger partial charge in [0.2, 0.25) is 15.9 Å². The SMILES string of the molecule is CS(=O)(=O)N1CCC[C@]2(C(=O)NCC3CC3)CN(c3ccccn3)C[C@@H]2C1. The lowest BCUT2D eigenvalue weighted by atomic mass is 9.74. The van der Waals surface area contributed by atoms with Crippen LogP contribution < -0.4 is 10.2 Å². The number of hydrogen-bond donors (Lipinski definition) is 1. The van der Waals surface area contributed by atoms with E-state index in [1.54, 1.807) is 10.5 Å². The lowest BCUT2D eigenvalue weighted by molar-refractivity contribution is -0.132. The Morgan fingerprint density at radius 2 is 2.15 bits per heavy atom. The van der Waals surface area contributed by atoms with Gasteiger partial charge in [0.05, 0.1) is 11.7 Å². The Kier molecular flexibility index (Phi) is 4.88. The van der Waals surface area contributed by atoms with E-state index in [0.717, 1.165) is 12.4 Å². The molecule has 8 heteroatoms. The predicted octanol–water partition coefficient (Wildman–Crippen LogP) is 1.09. The molecule has 148 valence electrons. The second-order valence-electron chi connectivity index (χ2n) is 8.30. The minimum absolute atomic E-state index is 0.0315. The van der Waals surface area contributed by atoms with Crippen molar-refractivity contribution in [3.05, 3.63) is 24.4 Å². The molecule has 3 fully saturated rings. The van der Waals surface area contributed by atoms with Crippen LogP contribution in [0.25, 0.3) is 0 Å². The summed E-state index contributed by atoms with van der Waals surface area (Å²) in [5.74, 6) is 1.53. The van der Waals surface area contributed by atoms with E-state index in [-0.39, 0.29) is 11.8 Å². The van der Waals surface area contributed by atoms with Crippen LogP contribution in [0.4, 0.5) is 5.82 Å². The first-order valence-corrected chi connectivity index (χ1v) is 11.6. The van der Waals surface area contributed by atoms with E-state index in [9.17, 15) is 13.2 Å². The van der Waals surface area contributed by atoms with E-state index in [4.69, 9.17) is 0 Å². The quantitative estimate of drug-likeness (QED) is 0.811. The first kappa shape index (κ1) is 18.7. The molecule has 3 aliphatic rings. The highest BCUT2D eigenvalue weighted by molar-refractivity contribution is 7.88. The van der Waals surface area contributed by atoms with Crippen LogP contribution in [0.2, 0.25) is 0 Å². The van der Waals surface area contributed by atoms with E-state index < -0.39 is 15.4 Å². The lowest BCUT2D eigenvalue weighted by Gasteiger charge is -2.32. The molecular weight excluding hydrogens is 364 g/mol. The summed E-state index contributed by atoms with van der Waals surface area (Å²) in [5, 5.41) is 3.18. The molecule has 2 saturated heterocycles. The van der Waals surface area contributed by atoms with E-state index in [2.05, 4.69) is 15.2 Å². The Labute approximate surface area is 161 Å². The highest BCUT2D eigenvalue weighted by Crippen LogP contribution is 2.44. The van der Waals surface area contributed by atoms with Gasteiger partial charge in [0, 0.05) is 44.8 Å². The second kappa shape index (κ2) is 7.05. The van der Waals surface area contributed by atoms with Gasteiger partial charge in [0.25, 0.3) is 0 Å². The molecule has 1 amide bonds. The van der Waals surface area contributed by atoms with Gasteiger partial charge in [-0.1, -0.05) is 6.07 Å². The Bertz CT molecular complexity index is 796. The van der Waals surface area contributed by atoms with Crippen molar-refractivity contribution < 1.29 is 13.2 Å². The third kappa shape index (κ3) is 3.82. The molecule has 0 aromatic carbocycles. The van der Waals surface area contributed by atoms with Crippen LogP contribution in [-0.2, 0) is 14.8 Å². The van der Waals surface area contributed by atoms with Crippen LogP contribution in [0.3, 0.4) is 0 Å². The maximum atomic E-state index is 13.3. The molecule has 27 heavy (non-hydrogen) atoms. The smallest absolute Gasteiger partial charge is 0.228 e. The maximum absolute atomic E-state index is 13.3. The summed E-state index contributed by atoms with van der Waals surface area (Å²) in [7, 11) is -3.27. The van der Waals surface area contributed by atoms with Crippen molar-refractivity contribution in [2.24, 2.45) is 17.3 Å². The number of fused-ring (bicyclic) bond motifs is 1. The summed E-state index contributed by atoms with van der Waals surface area (Å²) >= 11 is 0. The number of hydrogen-bond acceptors (Lipinski definition) is 5. The Morgan fingerprint density at radius 1 is 1.33 bits per heavy atom. The highest BCUT2D eigenvalue weighted by Gasteiger charge is 2.54. The van der Waals surface area contributed by atoms with Crippen LogP contribution in [-0.4, -0.2) is 62.6 Å². The summed E-state index contributed by atoms with van der Waals surface area (Å²) in [4.78, 5) is 19.9. The average Bonchev–Trinajstić information content (AvgIpc) is 3.43. The molecule has 3 heterocycles. The first-order chi connectivity index (χ1) is 12.9. The van der Waals surface area contributed by atoms with Gasteiger partial charge in [-0.2, -0.15) is 0 Å². The molecule has 2 atom stereocenters. The zero-order valence-electron chi connectivity index (χ0n) is 15.8. The molecule has 4 rings (SSSR count). The van der Waals surface area contributed by atoms with Gasteiger partial charge in [-0.05, 0) is 43.7 Å². The number of amides is 1. The van der Waals surface area contributed by atoms with Crippen molar-refractivity contribution >= 4 is 21.7 Å². The van der Waals surface area contributed by atoms with Gasteiger partial charge >= 0.3 is 0 Å². The fourth-order valence-electron chi connectivity index (χ4n) is 4.52. The Hall–Kier alpha value is -1.67. The fourth-order valence-corrected chi connectivity index (χ4v) is 5.43. The molecule has 2 aliphatic heterocycles. The number of pyridine rings is 1. The molecule has 1 N–H and O–H groups in total. The van der Waals surface area contributed by atoms with Crippen LogP contribution in [0.15, 0.2) is 24.4 Å². The third-order valence-electron chi connectivity index (χ3n) is 6.29. The maximum Gasteiger partial charge on any atom is 0.228 e. The van der Waals surface area contributed by atoms with E-state index in [1.807, 2.05) is 18.2 Å². The largest absolute Gasteiger partial charge is 0.355 e. The molecule has 0 bridgehead atoms. The number of carbonyl (C=O) groups excluding carboxylic acids is 1. The number of anilines is 1. The molecule has 1 aliphatic carbocycles. The minimum Gasteiger partial charge on any atom is -0.355 e. The Morgan fingerprint density at radius 3 is 2.81 bits per heavy atom. The van der Waals surface area contributed by atoms with E-state index in [1.165, 1.54) is 19.1 Å². The van der Waals surface area contributed by atoms with Gasteiger partial charge < -0.3 is 10.2 Å². The third-order valence-corrected chi connectivity index (χ3v) is 7.56. The van der Waals surface area contributed by atoms with Crippen LogP contribution >= 0.6 is 0 Å². The summed E-state index contributed by atoms with van der Waals surface area (Å²) in [6.45, 7) is 2.89. The molecule has 0 radical (unpaired) electrons. The molecule has 1 saturated carbocycles. The van der Waals surface area contributed by atoms with Crippen LogP contribution in [0, 0.1) is 17.3 Å². The number of aromatic nitrogens is 1. The molecule has 1 aromatic rings. The summed E-state index contributed by atoms with van der Waals surface area (Å²) in [5.41, 5.74) is -0.550. The number of carbonyl (C=O) groups is 1. The lowest BCUT2D eigenvalue weighted by Crippen LogP contribution is -2.48. The standard InChI is InChI=1S/C19H28N4O3S/c1-27(25,26)23-10-4-8-19(18(24)21-11-15-6-7-15)14-22(12-16(19)13-23)17-5-2-3-9-20-17/h2-3,5,9,15-16H,4,6-8,10-14H2,1H3,(H,21,24)/t16-,19+/m1/s1. The highest BCUT2D eigenvalue weighted by atomic mass is 32.2. The zero-order valence-corrected chi connectivity index (χ0v) is 16.6. The van der Waals surface area contributed by atoms with Crippen molar-refractivity contribution in [3.8, 4) is 0 Å². The topological polar surface area (TPSA) is 82.6 Å². The molecule has 7 nitrogen and oxygen atoms in total. The van der Waals surface area contributed by atoms with Gasteiger partial charge in [-0.3, -0.25) is 4.79 Å². The summed E-state index contributed by atoms with van der Waals surface area (Å²) in [6, 6.07) is 5.77. The first-order valence-electron chi connectivity index (χ1n) is 9.78. The number of rotatable bonds is 5. The van der Waals surface area contributed by atoms with Crippen molar-refractivity contribution in [1.29, 1.82) is 0 Å². The van der Waals surface area contributed by atoms with Gasteiger partial charge in [0.15, 0.2) is 0 Å². The minimum atomic E-state index is -3.27. The normalized spacial score (nSPS) is 29.2. The van der Waals surface area contributed by atoms with Crippen molar-refractivity contribution in [1.82, 2.24) is 14.6 Å². The van der Waals surface area contributed by atoms with Crippen molar-refractivity contribution in [2.45, 2.75) is 25.7 Å².